The van der Waals surface area contributed by atoms with Gasteiger partial charge in [0.2, 0.25) is 5.82 Å². The molecule has 1 saturated carbocycles. The molecule has 136 valence electrons. The van der Waals surface area contributed by atoms with Crippen LogP contribution >= 0.6 is 0 Å². The average Bonchev–Trinajstić information content (AvgIpc) is 3.23. The first-order chi connectivity index (χ1) is 12.4. The predicted molar refractivity (Wildman–Crippen MR) is 82.2 cm³/mol. The van der Waals surface area contributed by atoms with Crippen molar-refractivity contribution < 1.29 is 22.4 Å². The lowest BCUT2D eigenvalue weighted by Gasteiger charge is -2.37. The third kappa shape index (κ3) is 2.66. The Hall–Kier alpha value is -2.75. The quantitative estimate of drug-likeness (QED) is 0.705. The number of rotatable bonds is 4. The lowest BCUT2D eigenvalue weighted by atomic mass is 9.79. The van der Waals surface area contributed by atoms with Gasteiger partial charge in [0.15, 0.2) is 5.69 Å². The fraction of sp³-hybridized carbons (Fsp3) is 0.375. The van der Waals surface area contributed by atoms with Gasteiger partial charge in [-0.25, -0.2) is 4.68 Å². The van der Waals surface area contributed by atoms with E-state index in [0.717, 1.165) is 30.0 Å². The number of hydrogen-bond acceptors (Lipinski definition) is 6. The highest BCUT2D eigenvalue weighted by Crippen LogP contribution is 2.43. The molecule has 0 aliphatic heterocycles. The third-order valence-corrected chi connectivity index (χ3v) is 4.55. The average molecular weight is 365 g/mol. The topological polar surface area (TPSA) is 78.9 Å². The van der Waals surface area contributed by atoms with Gasteiger partial charge in [0.1, 0.15) is 5.60 Å². The van der Waals surface area contributed by atoms with Crippen molar-refractivity contribution in [1.29, 1.82) is 0 Å². The van der Waals surface area contributed by atoms with Crippen molar-refractivity contribution in [2.24, 2.45) is 0 Å². The first-order valence-corrected chi connectivity index (χ1v) is 7.92. The van der Waals surface area contributed by atoms with Crippen LogP contribution in [0.25, 0.3) is 17.3 Å². The highest BCUT2D eigenvalue weighted by Gasteiger charge is 2.43. The molecule has 0 bridgehead atoms. The van der Waals surface area contributed by atoms with Crippen LogP contribution in [-0.4, -0.2) is 32.2 Å². The number of hydrogen-bond donors (Lipinski definition) is 0. The van der Waals surface area contributed by atoms with E-state index in [1.807, 2.05) is 0 Å². The Kier molecular flexibility index (Phi) is 3.79. The third-order valence-electron chi connectivity index (χ3n) is 4.55. The van der Waals surface area contributed by atoms with Gasteiger partial charge in [-0.05, 0) is 31.4 Å². The van der Waals surface area contributed by atoms with E-state index in [2.05, 4.69) is 20.5 Å². The van der Waals surface area contributed by atoms with Crippen molar-refractivity contribution in [1.82, 2.24) is 25.1 Å². The molecule has 0 amide bonds. The van der Waals surface area contributed by atoms with Gasteiger partial charge in [0, 0.05) is 7.11 Å². The number of methoxy groups -OCH3 is 1. The normalized spacial score (nSPS) is 16.5. The molecule has 0 unspecified atom stereocenters. The number of aromatic nitrogens is 5. The summed E-state index contributed by atoms with van der Waals surface area (Å²) >= 11 is 0. The minimum absolute atomic E-state index is 0.0825. The smallest absolute Gasteiger partial charge is 0.370 e. The Morgan fingerprint density at radius 1 is 1.23 bits per heavy atom. The van der Waals surface area contributed by atoms with Gasteiger partial charge in [-0.1, -0.05) is 22.5 Å². The predicted octanol–water partition coefficient (Wildman–Crippen LogP) is 3.36. The summed E-state index contributed by atoms with van der Waals surface area (Å²) in [6.07, 6.45) is -0.609. The Morgan fingerprint density at radius 2 is 2.00 bits per heavy atom. The highest BCUT2D eigenvalue weighted by atomic mass is 19.4. The fourth-order valence-electron chi connectivity index (χ4n) is 2.92. The number of alkyl halides is 3. The number of nitrogens with zero attached hydrogens (tertiary/aromatic N) is 5. The first-order valence-electron chi connectivity index (χ1n) is 7.92. The van der Waals surface area contributed by atoms with E-state index < -0.39 is 17.3 Å². The van der Waals surface area contributed by atoms with Crippen LogP contribution in [0.5, 0.6) is 0 Å². The summed E-state index contributed by atoms with van der Waals surface area (Å²) in [5.74, 6) is 0.491. The zero-order valence-corrected chi connectivity index (χ0v) is 13.7. The maximum atomic E-state index is 13.2. The van der Waals surface area contributed by atoms with E-state index in [-0.39, 0.29) is 17.3 Å². The Balaban J connectivity index is 1.67. The molecule has 0 spiro atoms. The van der Waals surface area contributed by atoms with Crippen molar-refractivity contribution in [2.45, 2.75) is 31.0 Å². The second-order valence-corrected chi connectivity index (χ2v) is 6.04. The molecule has 1 aromatic carbocycles. The second kappa shape index (κ2) is 5.90. The number of para-hydroxylation sites is 1. The largest absolute Gasteiger partial charge is 0.418 e. The van der Waals surface area contributed by atoms with E-state index in [4.69, 9.17) is 9.26 Å². The molecule has 2 heterocycles. The van der Waals surface area contributed by atoms with Crippen molar-refractivity contribution in [3.05, 3.63) is 41.9 Å². The molecular weight excluding hydrogens is 351 g/mol. The van der Waals surface area contributed by atoms with Gasteiger partial charge in [-0.15, -0.1) is 5.10 Å². The van der Waals surface area contributed by atoms with E-state index in [9.17, 15) is 13.2 Å². The van der Waals surface area contributed by atoms with Crippen LogP contribution in [0.1, 0.15) is 30.7 Å². The van der Waals surface area contributed by atoms with E-state index in [0.29, 0.717) is 5.82 Å². The second-order valence-electron chi connectivity index (χ2n) is 6.04. The van der Waals surface area contributed by atoms with Crippen LogP contribution in [0.2, 0.25) is 0 Å². The Bertz CT molecular complexity index is 924. The summed E-state index contributed by atoms with van der Waals surface area (Å²) in [6.45, 7) is 0. The molecule has 26 heavy (non-hydrogen) atoms. The zero-order chi connectivity index (χ0) is 18.4. The van der Waals surface area contributed by atoms with Gasteiger partial charge >= 0.3 is 6.18 Å². The lowest BCUT2D eigenvalue weighted by molar-refractivity contribution is -0.137. The standard InChI is InChI=1S/C16H14F3N5O2/c1-25-15(7-4-8-15)14-20-13(26-22-14)11-9-24(23-21-11)12-6-3-2-5-10(12)16(17,18)19/h2-3,5-6,9H,4,7-8H2,1H3. The number of halogens is 3. The molecule has 0 radical (unpaired) electrons. The molecule has 1 aliphatic rings. The molecule has 3 aromatic rings. The monoisotopic (exact) mass is 365 g/mol. The number of ether oxygens (including phenoxy) is 1. The minimum Gasteiger partial charge on any atom is -0.370 e. The van der Waals surface area contributed by atoms with Crippen molar-refractivity contribution in [2.75, 3.05) is 7.11 Å². The molecule has 0 saturated heterocycles. The Morgan fingerprint density at radius 3 is 2.65 bits per heavy atom. The van der Waals surface area contributed by atoms with Crippen molar-refractivity contribution in [3.63, 3.8) is 0 Å². The van der Waals surface area contributed by atoms with E-state index in [1.54, 1.807) is 7.11 Å². The molecular formula is C16H14F3N5O2. The van der Waals surface area contributed by atoms with E-state index in [1.165, 1.54) is 24.4 Å². The van der Waals surface area contributed by atoms with Crippen LogP contribution < -0.4 is 0 Å². The van der Waals surface area contributed by atoms with Gasteiger partial charge in [-0.2, -0.15) is 18.2 Å². The van der Waals surface area contributed by atoms with Crippen LogP contribution in [0.15, 0.2) is 35.0 Å². The molecule has 10 heteroatoms. The van der Waals surface area contributed by atoms with Crippen LogP contribution in [0, 0.1) is 0 Å². The molecule has 4 rings (SSSR count). The molecule has 2 aromatic heterocycles. The molecule has 1 aliphatic carbocycles. The molecule has 0 atom stereocenters. The Labute approximate surface area is 145 Å². The molecule has 7 nitrogen and oxygen atoms in total. The van der Waals surface area contributed by atoms with Gasteiger partial charge < -0.3 is 9.26 Å². The summed E-state index contributed by atoms with van der Waals surface area (Å²) in [4.78, 5) is 4.28. The highest BCUT2D eigenvalue weighted by molar-refractivity contribution is 5.48. The number of benzene rings is 1. The van der Waals surface area contributed by atoms with Gasteiger partial charge in [-0.3, -0.25) is 0 Å². The summed E-state index contributed by atoms with van der Waals surface area (Å²) in [5, 5.41) is 11.6. The van der Waals surface area contributed by atoms with Crippen molar-refractivity contribution >= 4 is 0 Å². The summed E-state index contributed by atoms with van der Waals surface area (Å²) in [6, 6.07) is 5.11. The van der Waals surface area contributed by atoms with Crippen LogP contribution in [-0.2, 0) is 16.5 Å². The van der Waals surface area contributed by atoms with Gasteiger partial charge in [0.05, 0.1) is 17.4 Å². The molecule has 1 fully saturated rings. The fourth-order valence-corrected chi connectivity index (χ4v) is 2.92. The first kappa shape index (κ1) is 16.7. The SMILES string of the molecule is COC1(c2noc(-c3cn(-c4ccccc4C(F)(F)F)nn3)n2)CCC1. The van der Waals surface area contributed by atoms with Crippen LogP contribution in [0.4, 0.5) is 13.2 Å². The van der Waals surface area contributed by atoms with Crippen molar-refractivity contribution in [3.8, 4) is 17.3 Å². The van der Waals surface area contributed by atoms with Crippen LogP contribution in [0.3, 0.4) is 0 Å². The summed E-state index contributed by atoms with van der Waals surface area (Å²) < 4.78 is 51.2. The summed E-state index contributed by atoms with van der Waals surface area (Å²) in [7, 11) is 1.58. The maximum Gasteiger partial charge on any atom is 0.418 e. The van der Waals surface area contributed by atoms with Gasteiger partial charge in [0.25, 0.3) is 5.89 Å². The van der Waals surface area contributed by atoms with E-state index >= 15 is 0 Å². The zero-order valence-electron chi connectivity index (χ0n) is 13.7. The maximum absolute atomic E-state index is 13.2. The minimum atomic E-state index is -4.50. The molecule has 0 N–H and O–H groups in total. The summed E-state index contributed by atoms with van der Waals surface area (Å²) in [5.41, 5.74) is -1.31. The lowest BCUT2D eigenvalue weighted by Crippen LogP contribution is -2.37.